The van der Waals surface area contributed by atoms with Crippen LogP contribution >= 0.6 is 22.9 Å². The van der Waals surface area contributed by atoms with Crippen LogP contribution in [0.25, 0.3) is 32.1 Å². The smallest absolute Gasteiger partial charge is 0.319 e. The lowest BCUT2D eigenvalue weighted by Gasteiger charge is -2.44. The maximum absolute atomic E-state index is 17.1. The molecule has 14 heteroatoms. The minimum absolute atomic E-state index is 0.0580. The number of hydrogen-bond acceptors (Lipinski definition) is 9. The van der Waals surface area contributed by atoms with Gasteiger partial charge in [0, 0.05) is 73.8 Å². The molecule has 0 radical (unpaired) electrons. The van der Waals surface area contributed by atoms with E-state index in [0.29, 0.717) is 17.8 Å². The van der Waals surface area contributed by atoms with Gasteiger partial charge in [-0.15, -0.1) is 11.3 Å². The molecule has 3 fully saturated rings. The number of benzene rings is 2. The number of piperazine rings is 1. The molecule has 5 heterocycles. The maximum Gasteiger partial charge on any atom is 0.319 e. The van der Waals surface area contributed by atoms with Gasteiger partial charge < -0.3 is 25.6 Å². The summed E-state index contributed by atoms with van der Waals surface area (Å²) in [5, 5.41) is 13.4. The largest absolute Gasteiger partial charge is 0.463 e. The van der Waals surface area contributed by atoms with Crippen molar-refractivity contribution in [3.8, 4) is 23.2 Å². The van der Waals surface area contributed by atoms with Crippen LogP contribution in [0.4, 0.5) is 28.4 Å². The number of hydrogen-bond donors (Lipinski definition) is 2. The molecule has 2 aromatic carbocycles. The molecule has 3 aliphatic rings. The fraction of sp³-hybridized carbons (Fsp3) is 0.469. The van der Waals surface area contributed by atoms with Gasteiger partial charge in [0.2, 0.25) is 6.43 Å². The summed E-state index contributed by atoms with van der Waals surface area (Å²) < 4.78 is 109. The van der Waals surface area contributed by atoms with Crippen LogP contribution in [0.15, 0.2) is 18.2 Å². The summed E-state index contributed by atoms with van der Waals surface area (Å²) >= 11 is 7.76. The highest BCUT2D eigenvalue weighted by atomic mass is 35.5. The summed E-state index contributed by atoms with van der Waals surface area (Å²) in [5.41, 5.74) is 2.74. The molecule has 2 bridgehead atoms. The molecule has 7 rings (SSSR count). The van der Waals surface area contributed by atoms with E-state index in [4.69, 9.17) is 28.9 Å². The lowest BCUT2D eigenvalue weighted by atomic mass is 9.73. The molecule has 46 heavy (non-hydrogen) atoms. The average Bonchev–Trinajstić information content (AvgIpc) is 3.57. The van der Waals surface area contributed by atoms with Crippen molar-refractivity contribution in [2.24, 2.45) is 11.3 Å². The van der Waals surface area contributed by atoms with Crippen molar-refractivity contribution in [2.75, 3.05) is 50.3 Å². The highest BCUT2D eigenvalue weighted by Crippen LogP contribution is 2.46. The molecule has 8 nitrogen and oxygen atoms in total. The first kappa shape index (κ1) is 25.6. The number of nitrogens with two attached hydrogens (primary N) is 1. The third-order valence-corrected chi connectivity index (χ3v) is 10.6. The van der Waals surface area contributed by atoms with Crippen LogP contribution in [0.5, 0.6) is 6.01 Å². The molecule has 0 spiro atoms. The van der Waals surface area contributed by atoms with Crippen LogP contribution in [0, 0.1) is 34.3 Å². The molecule has 0 saturated carbocycles. The molecule has 0 amide bonds. The Labute approximate surface area is 279 Å². The van der Waals surface area contributed by atoms with Gasteiger partial charge in [-0.1, -0.05) is 18.5 Å². The first-order valence-electron chi connectivity index (χ1n) is 17.3. The number of rotatable bonds is 6. The molecule has 0 aliphatic carbocycles. The van der Waals surface area contributed by atoms with Crippen molar-refractivity contribution in [2.45, 2.75) is 44.7 Å². The summed E-state index contributed by atoms with van der Waals surface area (Å²) in [6, 6.07) is 5.29. The number of nitrogens with one attached hydrogen (secondary N) is 1. The van der Waals surface area contributed by atoms with E-state index in [1.54, 1.807) is 0 Å². The molecular weight excluding hydrogens is 642 g/mol. The molecule has 2 aromatic heterocycles. The van der Waals surface area contributed by atoms with Crippen LogP contribution in [0.3, 0.4) is 0 Å². The normalized spacial score (nSPS) is 27.3. The van der Waals surface area contributed by atoms with Gasteiger partial charge in [0.15, 0.2) is 5.82 Å². The number of aromatic nitrogens is 2. The Bertz CT molecular complexity index is 2090. The van der Waals surface area contributed by atoms with Gasteiger partial charge in [-0.05, 0) is 51.0 Å². The van der Waals surface area contributed by atoms with E-state index in [9.17, 15) is 14.0 Å². The van der Waals surface area contributed by atoms with Crippen LogP contribution in [-0.2, 0) is 0 Å². The number of ether oxygens (including phenoxy) is 1. The molecule has 3 N–H and O–H groups in total. The Kier molecular flexibility index (Phi) is 6.50. The van der Waals surface area contributed by atoms with E-state index in [-0.39, 0.29) is 62.8 Å². The van der Waals surface area contributed by atoms with E-state index >= 15 is 8.78 Å². The number of alkyl halides is 2. The summed E-state index contributed by atoms with van der Waals surface area (Å²) in [5.74, 6) is -3.48. The number of nitrogen functional groups attached to an aromatic ring is 1. The molecule has 4 aromatic rings. The van der Waals surface area contributed by atoms with Crippen molar-refractivity contribution in [3.63, 3.8) is 0 Å². The fourth-order valence-corrected chi connectivity index (χ4v) is 8.28. The molecule has 3 aliphatic heterocycles. The van der Waals surface area contributed by atoms with Gasteiger partial charge >= 0.3 is 6.01 Å². The minimum Gasteiger partial charge on any atom is -0.463 e. The molecular formula is C32H32ClF4N7OS. The van der Waals surface area contributed by atoms with Gasteiger partial charge in [0.1, 0.15) is 28.2 Å². The van der Waals surface area contributed by atoms with Crippen molar-refractivity contribution < 1.29 is 29.2 Å². The zero-order chi connectivity index (χ0) is 36.8. The number of thiophene rings is 1. The number of anilines is 2. The predicted molar refractivity (Wildman–Crippen MR) is 172 cm³/mol. The highest BCUT2D eigenvalue weighted by molar-refractivity contribution is 7.23. The second-order valence-electron chi connectivity index (χ2n) is 12.3. The number of halogens is 5. The Morgan fingerprint density at radius 2 is 2.02 bits per heavy atom. The monoisotopic (exact) mass is 678 g/mol. The topological polar surface area (TPSA) is 103 Å². The second-order valence-corrected chi connectivity index (χ2v) is 13.8. The van der Waals surface area contributed by atoms with Gasteiger partial charge in [-0.2, -0.15) is 15.2 Å². The van der Waals surface area contributed by atoms with Crippen LogP contribution < -0.4 is 20.7 Å². The first-order valence-corrected chi connectivity index (χ1v) is 16.0. The van der Waals surface area contributed by atoms with Crippen molar-refractivity contribution in [1.29, 1.82) is 5.26 Å². The van der Waals surface area contributed by atoms with Gasteiger partial charge in [0.25, 0.3) is 0 Å². The predicted octanol–water partition coefficient (Wildman–Crippen LogP) is 6.44. The Morgan fingerprint density at radius 3 is 2.72 bits per heavy atom. The molecule has 3 saturated heterocycles. The third-order valence-electron chi connectivity index (χ3n) is 9.28. The summed E-state index contributed by atoms with van der Waals surface area (Å²) in [7, 11) is 0. The van der Waals surface area contributed by atoms with Crippen LogP contribution in [0.1, 0.15) is 38.6 Å². The van der Waals surface area contributed by atoms with Crippen LogP contribution in [0.2, 0.25) is 5.02 Å². The zero-order valence-corrected chi connectivity index (χ0v) is 26.1. The minimum atomic E-state index is -3.01. The van der Waals surface area contributed by atoms with Crippen molar-refractivity contribution in [1.82, 2.24) is 20.2 Å². The van der Waals surface area contributed by atoms with Crippen molar-refractivity contribution in [3.05, 3.63) is 40.4 Å². The average molecular weight is 679 g/mol. The van der Waals surface area contributed by atoms with Crippen molar-refractivity contribution >= 4 is 54.7 Å². The van der Waals surface area contributed by atoms with E-state index in [0.717, 1.165) is 35.1 Å². The van der Waals surface area contributed by atoms with E-state index in [1.165, 1.54) is 19.1 Å². The Balaban J connectivity index is 1.42. The quantitative estimate of drug-likeness (QED) is 0.225. The number of fused-ring (bicyclic) bond motifs is 4. The molecule has 4 atom stereocenters. The Morgan fingerprint density at radius 1 is 1.26 bits per heavy atom. The van der Waals surface area contributed by atoms with Gasteiger partial charge in [0.05, 0.1) is 19.9 Å². The number of likely N-dealkylation sites (tertiary alicyclic amines) is 1. The molecule has 242 valence electrons. The highest BCUT2D eigenvalue weighted by Gasteiger charge is 2.44. The number of nitrogens with zero attached hydrogens (tertiary/aromatic N) is 5. The standard InChI is InChI=1S/C32H32ClF4N7OS/c1-32(13-43(2)8-7-19(32)28(36)37)14-45-31-41-27-17(30(42-31)44-11-15-3-4-16(12-44)40-15)9-20(33)24(26(27)35)25-21(34)5-6-22-23(25)18(10-38)29(39)46-22/h5-6,9,15-16,19,28,40H,3-4,7-8,11-14,39H2,1-2H3/t15-,16+,19-,32+/m1/s1/i2D3,14D2. The molecule has 0 unspecified atom stereocenters. The van der Waals surface area contributed by atoms with Crippen LogP contribution in [-0.4, -0.2) is 73.1 Å². The number of nitriles is 1. The first-order chi connectivity index (χ1) is 23.9. The SMILES string of the molecule is [2H]C([2H])([2H])N1CC[C@H](C(F)F)[C@](C)(C([2H])([2H])Oc2nc(N3C[C@H]4CC[C@@H](C3)N4)c3cc(Cl)c(-c4c(F)ccc5sc(N)c(C#N)c45)c(F)c3n2)C1. The lowest BCUT2D eigenvalue weighted by Crippen LogP contribution is -2.51. The summed E-state index contributed by atoms with van der Waals surface area (Å²) in [6.07, 6.45) is -1.59. The zero-order valence-electron chi connectivity index (χ0n) is 29.5. The lowest BCUT2D eigenvalue weighted by molar-refractivity contribution is -0.0679. The fourth-order valence-electron chi connectivity index (χ4n) is 7.07. The van der Waals surface area contributed by atoms with Gasteiger partial charge in [-0.3, -0.25) is 0 Å². The Hall–Kier alpha value is -3.44. The van der Waals surface area contributed by atoms with E-state index in [1.807, 2.05) is 11.0 Å². The third kappa shape index (κ3) is 5.19. The number of piperidine rings is 1. The van der Waals surface area contributed by atoms with E-state index < -0.39 is 66.6 Å². The second kappa shape index (κ2) is 11.7. The van der Waals surface area contributed by atoms with E-state index in [2.05, 4.69) is 15.3 Å². The summed E-state index contributed by atoms with van der Waals surface area (Å²) in [4.78, 5) is 11.6. The maximum atomic E-state index is 17.1. The summed E-state index contributed by atoms with van der Waals surface area (Å²) in [6.45, 7) is -4.43. The van der Waals surface area contributed by atoms with Gasteiger partial charge in [-0.25, -0.2) is 17.6 Å².